The third-order valence-corrected chi connectivity index (χ3v) is 4.22. The van der Waals surface area contributed by atoms with Crippen molar-refractivity contribution in [2.45, 2.75) is 65.6 Å². The molecule has 0 spiro atoms. The average molecular weight is 365 g/mol. The molecule has 1 aromatic carbocycles. The van der Waals surface area contributed by atoms with Crippen molar-refractivity contribution in [2.75, 3.05) is 19.0 Å². The maximum atomic E-state index is 12.7. The van der Waals surface area contributed by atoms with Crippen LogP contribution in [-0.4, -0.2) is 37.3 Å². The molecule has 1 amide bonds. The Morgan fingerprint density at radius 1 is 1.23 bits per heavy atom. The lowest BCUT2D eigenvalue weighted by Crippen LogP contribution is -2.42. The topological polar surface area (TPSA) is 73.9 Å². The number of benzene rings is 1. The van der Waals surface area contributed by atoms with E-state index in [0.29, 0.717) is 24.5 Å². The van der Waals surface area contributed by atoms with E-state index in [4.69, 9.17) is 14.2 Å². The Morgan fingerprint density at radius 3 is 2.46 bits per heavy atom. The molecule has 26 heavy (non-hydrogen) atoms. The number of rotatable bonds is 10. The third kappa shape index (κ3) is 5.73. The highest BCUT2D eigenvalue weighted by Gasteiger charge is 2.33. The first-order valence-electron chi connectivity index (χ1n) is 9.15. The number of hydrogen-bond donors (Lipinski definition) is 1. The number of nitrogens with one attached hydrogen (secondary N) is 1. The lowest BCUT2D eigenvalue weighted by molar-refractivity contribution is -0.139. The SMILES string of the molecule is CCC[C@@](C)(OCC)C(=O)Nc1ccc(O[C@H](C)CC)c(C(=O)OC)c1. The van der Waals surface area contributed by atoms with Crippen LogP contribution in [0.2, 0.25) is 0 Å². The first-order chi connectivity index (χ1) is 12.3. The van der Waals surface area contributed by atoms with Crippen molar-refractivity contribution in [1.29, 1.82) is 0 Å². The molecule has 0 aliphatic rings. The van der Waals surface area contributed by atoms with E-state index >= 15 is 0 Å². The van der Waals surface area contributed by atoms with Gasteiger partial charge in [-0.1, -0.05) is 20.3 Å². The molecular weight excluding hydrogens is 334 g/mol. The van der Waals surface area contributed by atoms with E-state index < -0.39 is 11.6 Å². The normalized spacial score (nSPS) is 14.2. The van der Waals surface area contributed by atoms with E-state index in [-0.39, 0.29) is 17.6 Å². The first-order valence-corrected chi connectivity index (χ1v) is 9.15. The van der Waals surface area contributed by atoms with Gasteiger partial charge in [-0.05, 0) is 51.8 Å². The minimum Gasteiger partial charge on any atom is -0.490 e. The van der Waals surface area contributed by atoms with Gasteiger partial charge in [0.15, 0.2) is 0 Å². The summed E-state index contributed by atoms with van der Waals surface area (Å²) in [7, 11) is 1.31. The molecule has 1 N–H and O–H groups in total. The number of methoxy groups -OCH3 is 1. The Kier molecular flexibility index (Phi) is 8.58. The number of carbonyl (C=O) groups excluding carboxylic acids is 2. The van der Waals surface area contributed by atoms with Crippen LogP contribution in [-0.2, 0) is 14.3 Å². The molecule has 0 bridgehead atoms. The molecule has 0 aromatic heterocycles. The maximum absolute atomic E-state index is 12.7. The highest BCUT2D eigenvalue weighted by molar-refractivity contribution is 5.99. The largest absolute Gasteiger partial charge is 0.490 e. The molecule has 146 valence electrons. The van der Waals surface area contributed by atoms with Crippen LogP contribution in [0.1, 0.15) is 64.2 Å². The van der Waals surface area contributed by atoms with Crippen LogP contribution in [0.3, 0.4) is 0 Å². The molecule has 1 aromatic rings. The van der Waals surface area contributed by atoms with E-state index in [2.05, 4.69) is 5.32 Å². The predicted octanol–water partition coefficient (Wildman–Crippen LogP) is 4.18. The third-order valence-electron chi connectivity index (χ3n) is 4.22. The van der Waals surface area contributed by atoms with E-state index in [9.17, 15) is 9.59 Å². The number of carbonyl (C=O) groups is 2. The summed E-state index contributed by atoms with van der Waals surface area (Å²) in [5.74, 6) is -0.321. The van der Waals surface area contributed by atoms with Crippen molar-refractivity contribution in [3.63, 3.8) is 0 Å². The van der Waals surface area contributed by atoms with Crippen molar-refractivity contribution in [3.8, 4) is 5.75 Å². The van der Waals surface area contributed by atoms with Gasteiger partial charge in [-0.2, -0.15) is 0 Å². The summed E-state index contributed by atoms with van der Waals surface area (Å²) in [6, 6.07) is 4.95. The molecule has 0 unspecified atom stereocenters. The lowest BCUT2D eigenvalue weighted by atomic mass is 9.99. The van der Waals surface area contributed by atoms with Crippen molar-refractivity contribution >= 4 is 17.6 Å². The zero-order valence-corrected chi connectivity index (χ0v) is 16.7. The molecule has 0 heterocycles. The van der Waals surface area contributed by atoms with Crippen molar-refractivity contribution in [3.05, 3.63) is 23.8 Å². The molecule has 0 aliphatic heterocycles. The molecular formula is C20H31NO5. The number of hydrogen-bond acceptors (Lipinski definition) is 5. The minimum absolute atomic E-state index is 0.0374. The molecule has 0 saturated carbocycles. The highest BCUT2D eigenvalue weighted by Crippen LogP contribution is 2.27. The Labute approximate surface area is 156 Å². The van der Waals surface area contributed by atoms with Gasteiger partial charge in [0.05, 0.1) is 13.2 Å². The predicted molar refractivity (Wildman–Crippen MR) is 102 cm³/mol. The van der Waals surface area contributed by atoms with Crippen molar-refractivity contribution in [2.24, 2.45) is 0 Å². The van der Waals surface area contributed by atoms with Gasteiger partial charge in [0, 0.05) is 12.3 Å². The number of ether oxygens (including phenoxy) is 3. The Hall–Kier alpha value is -2.08. The standard InChI is InChI=1S/C20H31NO5/c1-7-12-20(5,25-9-3)19(23)21-15-10-11-17(26-14(4)8-2)16(13-15)18(22)24-6/h10-11,13-14H,7-9,12H2,1-6H3,(H,21,23)/t14-,20-/m1/s1. The van der Waals surface area contributed by atoms with Crippen LogP contribution in [0.15, 0.2) is 18.2 Å². The summed E-state index contributed by atoms with van der Waals surface area (Å²) in [6.07, 6.45) is 2.19. The van der Waals surface area contributed by atoms with Gasteiger partial charge in [-0.25, -0.2) is 4.79 Å². The summed E-state index contributed by atoms with van der Waals surface area (Å²) in [5.41, 5.74) is -0.144. The fraction of sp³-hybridized carbons (Fsp3) is 0.600. The second-order valence-electron chi connectivity index (χ2n) is 6.41. The van der Waals surface area contributed by atoms with Crippen molar-refractivity contribution in [1.82, 2.24) is 0 Å². The van der Waals surface area contributed by atoms with Crippen LogP contribution in [0.25, 0.3) is 0 Å². The number of anilines is 1. The van der Waals surface area contributed by atoms with Crippen LogP contribution in [0.5, 0.6) is 5.75 Å². The Bertz CT molecular complexity index is 608. The van der Waals surface area contributed by atoms with Crippen LogP contribution in [0.4, 0.5) is 5.69 Å². The van der Waals surface area contributed by atoms with Crippen LogP contribution >= 0.6 is 0 Å². The van der Waals surface area contributed by atoms with Gasteiger partial charge in [0.2, 0.25) is 0 Å². The Morgan fingerprint density at radius 2 is 1.92 bits per heavy atom. The second kappa shape index (κ2) is 10.2. The van der Waals surface area contributed by atoms with Gasteiger partial charge in [-0.15, -0.1) is 0 Å². The van der Waals surface area contributed by atoms with E-state index in [1.165, 1.54) is 7.11 Å². The zero-order valence-electron chi connectivity index (χ0n) is 16.7. The second-order valence-corrected chi connectivity index (χ2v) is 6.41. The van der Waals surface area contributed by atoms with E-state index in [1.54, 1.807) is 25.1 Å². The van der Waals surface area contributed by atoms with Gasteiger partial charge in [0.1, 0.15) is 16.9 Å². The molecule has 6 heteroatoms. The summed E-state index contributed by atoms with van der Waals surface area (Å²) >= 11 is 0. The molecule has 0 saturated heterocycles. The molecule has 1 rings (SSSR count). The number of esters is 1. The van der Waals surface area contributed by atoms with E-state index in [0.717, 1.165) is 12.8 Å². The molecule has 0 radical (unpaired) electrons. The fourth-order valence-electron chi connectivity index (χ4n) is 2.59. The van der Waals surface area contributed by atoms with Crippen LogP contribution < -0.4 is 10.1 Å². The highest BCUT2D eigenvalue weighted by atomic mass is 16.5. The fourth-order valence-corrected chi connectivity index (χ4v) is 2.59. The van der Waals surface area contributed by atoms with E-state index in [1.807, 2.05) is 27.7 Å². The summed E-state index contributed by atoms with van der Waals surface area (Å²) in [5, 5.41) is 2.84. The molecule has 2 atom stereocenters. The molecule has 6 nitrogen and oxygen atoms in total. The molecule has 0 aliphatic carbocycles. The van der Waals surface area contributed by atoms with Gasteiger partial charge in [-0.3, -0.25) is 4.79 Å². The number of amides is 1. The van der Waals surface area contributed by atoms with Gasteiger partial charge in [0.25, 0.3) is 5.91 Å². The summed E-state index contributed by atoms with van der Waals surface area (Å²) in [4.78, 5) is 24.8. The monoisotopic (exact) mass is 365 g/mol. The van der Waals surface area contributed by atoms with Crippen molar-refractivity contribution < 1.29 is 23.8 Å². The first kappa shape index (κ1) is 22.0. The van der Waals surface area contributed by atoms with Gasteiger partial charge < -0.3 is 19.5 Å². The van der Waals surface area contributed by atoms with Crippen LogP contribution in [0, 0.1) is 0 Å². The maximum Gasteiger partial charge on any atom is 0.341 e. The zero-order chi connectivity index (χ0) is 19.7. The average Bonchev–Trinajstić information content (AvgIpc) is 2.62. The van der Waals surface area contributed by atoms with Gasteiger partial charge >= 0.3 is 5.97 Å². The summed E-state index contributed by atoms with van der Waals surface area (Å²) < 4.78 is 16.3. The molecule has 0 fully saturated rings. The summed E-state index contributed by atoms with van der Waals surface area (Å²) in [6.45, 7) is 10.0. The lowest BCUT2D eigenvalue weighted by Gasteiger charge is -2.28. The minimum atomic E-state index is -0.916. The Balaban J connectivity index is 3.10. The smallest absolute Gasteiger partial charge is 0.341 e. The quantitative estimate of drug-likeness (QED) is 0.630.